The fraction of sp³-hybridized carbons (Fsp3) is 0.778. The van der Waals surface area contributed by atoms with Crippen LogP contribution >= 0.6 is 0 Å². The van der Waals surface area contributed by atoms with E-state index >= 15 is 0 Å². The second kappa shape index (κ2) is 29.3. The molecular formula is C9H24FNO6. The number of alkyl halides is 1. The number of halogens is 1. The quantitative estimate of drug-likeness (QED) is 0.483. The van der Waals surface area contributed by atoms with Crippen LogP contribution in [0, 0.1) is 5.92 Å². The molecule has 8 heteroatoms. The van der Waals surface area contributed by atoms with Crippen molar-refractivity contribution >= 4 is 12.3 Å². The number of carboxylic acid groups (broad SMARTS) is 4. The molecular weight excluding hydrogens is 237 g/mol. The summed E-state index contributed by atoms with van der Waals surface area (Å²) in [4.78, 5) is 17.1. The fourth-order valence-electron chi connectivity index (χ4n) is 0. The summed E-state index contributed by atoms with van der Waals surface area (Å²) in [6.07, 6.45) is -3.01. The van der Waals surface area contributed by atoms with E-state index < -0.39 is 12.3 Å². The van der Waals surface area contributed by atoms with Gasteiger partial charge in [0.2, 0.25) is 0 Å². The highest BCUT2D eigenvalue weighted by Crippen LogP contribution is 1.81. The number of hydrogen-bond donors (Lipinski definition) is 5. The van der Waals surface area contributed by atoms with Crippen molar-refractivity contribution in [3.05, 3.63) is 0 Å². The normalized spacial score (nSPS) is 6.71. The van der Waals surface area contributed by atoms with Crippen LogP contribution in [0.15, 0.2) is 0 Å². The van der Waals surface area contributed by atoms with Crippen LogP contribution in [0.4, 0.5) is 14.0 Å². The highest BCUT2D eigenvalue weighted by molar-refractivity contribution is 5.53. The maximum absolute atomic E-state index is 10.7. The number of rotatable bonds is 1. The van der Waals surface area contributed by atoms with Gasteiger partial charge in [0.25, 0.3) is 0 Å². The topological polar surface area (TPSA) is 150 Å². The first kappa shape index (κ1) is 29.5. The van der Waals surface area contributed by atoms with Gasteiger partial charge in [-0.05, 0) is 12.3 Å². The van der Waals surface area contributed by atoms with E-state index in [1.165, 1.54) is 0 Å². The molecule has 17 heavy (non-hydrogen) atoms. The predicted molar refractivity (Wildman–Crippen MR) is 63.1 cm³/mol. The Morgan fingerprint density at radius 2 is 1.06 bits per heavy atom. The van der Waals surface area contributed by atoms with E-state index in [2.05, 4.69) is 20.8 Å². The lowest BCUT2D eigenvalue weighted by molar-refractivity contribution is 0.135. The van der Waals surface area contributed by atoms with E-state index in [-0.39, 0.29) is 12.8 Å². The molecule has 0 amide bonds. The van der Waals surface area contributed by atoms with Crippen LogP contribution in [-0.2, 0) is 0 Å². The molecule has 0 fully saturated rings. The lowest BCUT2D eigenvalue weighted by atomic mass is 10.3. The van der Waals surface area contributed by atoms with Crippen LogP contribution in [0.1, 0.15) is 34.1 Å². The van der Waals surface area contributed by atoms with Gasteiger partial charge in [0.15, 0.2) is 0 Å². The minimum absolute atomic E-state index is 0. The molecule has 0 aliphatic heterocycles. The Bertz CT molecular complexity index is 130. The van der Waals surface area contributed by atoms with E-state index in [9.17, 15) is 4.39 Å². The summed E-state index contributed by atoms with van der Waals surface area (Å²) in [6, 6.07) is 0. The average molecular weight is 261 g/mol. The third-order valence-electron chi connectivity index (χ3n) is 0.189. The predicted octanol–water partition coefficient (Wildman–Crippen LogP) is 3.64. The number of hydrogen-bond acceptors (Lipinski definition) is 3. The zero-order chi connectivity index (χ0) is 14.1. The molecule has 0 aliphatic carbocycles. The summed E-state index contributed by atoms with van der Waals surface area (Å²) >= 11 is 0. The van der Waals surface area contributed by atoms with Gasteiger partial charge in [0.05, 0.1) is 6.67 Å². The SMILES string of the molecule is CC(C)C.CCCF.N.O=C(O)O.O=C(O)O. The Morgan fingerprint density at radius 3 is 1.06 bits per heavy atom. The second-order valence-corrected chi connectivity index (χ2v) is 2.99. The molecule has 0 heterocycles. The van der Waals surface area contributed by atoms with Gasteiger partial charge in [0.1, 0.15) is 0 Å². The summed E-state index contributed by atoms with van der Waals surface area (Å²) in [7, 11) is 0. The molecule has 0 aromatic heterocycles. The summed E-state index contributed by atoms with van der Waals surface area (Å²) in [5.74, 6) is 0.833. The molecule has 0 atom stereocenters. The van der Waals surface area contributed by atoms with Gasteiger partial charge >= 0.3 is 12.3 Å². The molecule has 0 bridgehead atoms. The molecule has 0 saturated carbocycles. The number of carbonyl (C=O) groups is 2. The van der Waals surface area contributed by atoms with Gasteiger partial charge in [-0.1, -0.05) is 27.7 Å². The van der Waals surface area contributed by atoms with Crippen molar-refractivity contribution in [2.75, 3.05) is 6.67 Å². The first-order valence-electron chi connectivity index (χ1n) is 4.51. The highest BCUT2D eigenvalue weighted by Gasteiger charge is 1.70. The highest BCUT2D eigenvalue weighted by atomic mass is 19.1. The Kier molecular flexibility index (Phi) is 50.8. The van der Waals surface area contributed by atoms with E-state index in [4.69, 9.17) is 30.0 Å². The second-order valence-electron chi connectivity index (χ2n) is 2.99. The van der Waals surface area contributed by atoms with Crippen molar-refractivity contribution < 1.29 is 34.4 Å². The molecule has 0 saturated heterocycles. The van der Waals surface area contributed by atoms with Crippen molar-refractivity contribution in [1.82, 2.24) is 6.15 Å². The molecule has 0 aromatic rings. The van der Waals surface area contributed by atoms with Crippen LogP contribution in [-0.4, -0.2) is 39.4 Å². The van der Waals surface area contributed by atoms with E-state index in [0.29, 0.717) is 6.42 Å². The molecule has 7 N–H and O–H groups in total. The van der Waals surface area contributed by atoms with E-state index in [0.717, 1.165) is 5.92 Å². The van der Waals surface area contributed by atoms with Crippen molar-refractivity contribution in [3.63, 3.8) is 0 Å². The maximum Gasteiger partial charge on any atom is 0.503 e. The smallest absolute Gasteiger partial charge is 0.450 e. The third-order valence-corrected chi connectivity index (χ3v) is 0.189. The molecule has 7 nitrogen and oxygen atoms in total. The molecule has 0 unspecified atom stereocenters. The summed E-state index contributed by atoms with van der Waals surface area (Å²) in [6.45, 7) is 8.12. The van der Waals surface area contributed by atoms with Crippen molar-refractivity contribution in [1.29, 1.82) is 0 Å². The monoisotopic (exact) mass is 261 g/mol. The largest absolute Gasteiger partial charge is 0.503 e. The van der Waals surface area contributed by atoms with Crippen LogP contribution < -0.4 is 6.15 Å². The maximum atomic E-state index is 10.7. The van der Waals surface area contributed by atoms with Crippen molar-refractivity contribution in [2.45, 2.75) is 34.1 Å². The fourth-order valence-corrected chi connectivity index (χ4v) is 0. The summed E-state index contributed by atoms with van der Waals surface area (Å²) in [5, 5.41) is 27.9. The Hall–Kier alpha value is -1.57. The summed E-state index contributed by atoms with van der Waals surface area (Å²) in [5.41, 5.74) is 0. The van der Waals surface area contributed by atoms with Crippen LogP contribution in [0.25, 0.3) is 0 Å². The first-order chi connectivity index (χ1) is 7.11. The Labute approximate surface area is 100 Å². The van der Waals surface area contributed by atoms with Crippen LogP contribution in [0.3, 0.4) is 0 Å². The van der Waals surface area contributed by atoms with E-state index in [1.54, 1.807) is 6.92 Å². The third kappa shape index (κ3) is 6860. The van der Waals surface area contributed by atoms with Crippen molar-refractivity contribution in [3.8, 4) is 0 Å². The zero-order valence-electron chi connectivity index (χ0n) is 10.7. The lowest BCUT2D eigenvalue weighted by Crippen LogP contribution is -1.81. The first-order valence-corrected chi connectivity index (χ1v) is 4.51. The molecule has 0 aliphatic rings. The van der Waals surface area contributed by atoms with Gasteiger partial charge in [-0.25, -0.2) is 9.59 Å². The molecule has 0 radical (unpaired) electrons. The molecule has 0 rings (SSSR count). The molecule has 0 spiro atoms. The average Bonchev–Trinajstić information content (AvgIpc) is 2.00. The van der Waals surface area contributed by atoms with Gasteiger partial charge < -0.3 is 26.6 Å². The minimum Gasteiger partial charge on any atom is -0.450 e. The molecule has 0 aromatic carbocycles. The van der Waals surface area contributed by atoms with Gasteiger partial charge in [0, 0.05) is 0 Å². The van der Waals surface area contributed by atoms with Crippen LogP contribution in [0.2, 0.25) is 0 Å². The van der Waals surface area contributed by atoms with E-state index in [1.807, 2.05) is 0 Å². The standard InChI is InChI=1S/C4H10.C3H7F.2CH2O3.H3N/c1-4(2)3;1-2-3-4;2*2-1(3)4;/h4H,1-3H3;2-3H2,1H3;2*(H2,2,3,4);1H3. The minimum atomic E-state index is -1.83. The Morgan fingerprint density at radius 1 is 1.00 bits per heavy atom. The van der Waals surface area contributed by atoms with Gasteiger partial charge in [-0.3, -0.25) is 4.39 Å². The lowest BCUT2D eigenvalue weighted by Gasteiger charge is -1.79. The van der Waals surface area contributed by atoms with Gasteiger partial charge in [-0.2, -0.15) is 0 Å². The zero-order valence-corrected chi connectivity index (χ0v) is 10.7. The summed E-state index contributed by atoms with van der Waals surface area (Å²) < 4.78 is 10.7. The van der Waals surface area contributed by atoms with Crippen molar-refractivity contribution in [2.24, 2.45) is 5.92 Å². The van der Waals surface area contributed by atoms with Crippen LogP contribution in [0.5, 0.6) is 0 Å². The molecule has 108 valence electrons. The Balaban J connectivity index is -0.0000000369. The van der Waals surface area contributed by atoms with Gasteiger partial charge in [-0.15, -0.1) is 0 Å².